The van der Waals surface area contributed by atoms with Crippen LogP contribution in [0, 0.1) is 23.7 Å². The summed E-state index contributed by atoms with van der Waals surface area (Å²) < 4.78 is 32.6. The van der Waals surface area contributed by atoms with Crippen LogP contribution in [0.2, 0.25) is 0 Å². The lowest BCUT2D eigenvalue weighted by molar-refractivity contribution is 0.174. The Morgan fingerprint density at radius 1 is 1.43 bits per heavy atom. The first-order chi connectivity index (χ1) is 11.2. The summed E-state index contributed by atoms with van der Waals surface area (Å²) >= 11 is 0. The fraction of sp³-hybridized carbons (Fsp3) is 0.833. The Labute approximate surface area is 137 Å². The molecule has 0 bridgehead atoms. The Balaban J connectivity index is 1.54. The predicted molar refractivity (Wildman–Crippen MR) is 87.9 cm³/mol. The van der Waals surface area contributed by atoms with Gasteiger partial charge in [0.05, 0.1) is 12.0 Å². The average Bonchev–Trinajstić information content (AvgIpc) is 3.18. The number of allylic oxidation sites excluding steroid dienone is 2. The molecule has 0 aromatic rings. The van der Waals surface area contributed by atoms with E-state index >= 15 is 0 Å². The highest BCUT2D eigenvalue weighted by Gasteiger charge is 2.33. The lowest BCUT2D eigenvalue weighted by atomic mass is 9.82. The molecule has 0 amide bonds. The van der Waals surface area contributed by atoms with Crippen molar-refractivity contribution in [3.8, 4) is 0 Å². The molecule has 2 aliphatic heterocycles. The van der Waals surface area contributed by atoms with Crippen molar-refractivity contribution in [1.29, 1.82) is 0 Å². The standard InChI is InChI=1S/C18H28F2N2O/c1-2-12(14-5-16(19)8-17(20)6-14)9-21-18-7-15(10-22-18)13-3-4-23-11-13/h5,9,12-15,17-18,22H,2-4,6-8,10-11H2,1H3/b21-9-. The number of halogens is 2. The van der Waals surface area contributed by atoms with Gasteiger partial charge in [-0.1, -0.05) is 6.92 Å². The van der Waals surface area contributed by atoms with E-state index in [9.17, 15) is 8.78 Å². The Bertz CT molecular complexity index is 448. The minimum Gasteiger partial charge on any atom is -0.381 e. The molecule has 23 heavy (non-hydrogen) atoms. The molecule has 0 aromatic heterocycles. The van der Waals surface area contributed by atoms with Crippen molar-refractivity contribution in [3.63, 3.8) is 0 Å². The first-order valence-electron chi connectivity index (χ1n) is 9.00. The first-order valence-corrected chi connectivity index (χ1v) is 9.00. The van der Waals surface area contributed by atoms with E-state index < -0.39 is 6.17 Å². The SMILES string of the molecule is CCC(/C=N\C1CC(C2CCOC2)CN1)C1C=C(F)CC(F)C1. The fourth-order valence-corrected chi connectivity index (χ4v) is 4.13. The molecular formula is C18H28F2N2O. The third-order valence-corrected chi connectivity index (χ3v) is 5.59. The maximum atomic E-state index is 13.6. The molecule has 5 heteroatoms. The summed E-state index contributed by atoms with van der Waals surface area (Å²) in [5.41, 5.74) is 0. The smallest absolute Gasteiger partial charge is 0.107 e. The van der Waals surface area contributed by atoms with Crippen LogP contribution in [-0.2, 0) is 4.74 Å². The summed E-state index contributed by atoms with van der Waals surface area (Å²) in [6.07, 6.45) is 6.06. The van der Waals surface area contributed by atoms with Crippen molar-refractivity contribution in [3.05, 3.63) is 11.9 Å². The summed E-state index contributed by atoms with van der Waals surface area (Å²) in [5.74, 6) is 1.05. The van der Waals surface area contributed by atoms with Crippen molar-refractivity contribution in [2.45, 2.75) is 51.4 Å². The van der Waals surface area contributed by atoms with E-state index in [1.807, 2.05) is 6.21 Å². The normalized spacial score (nSPS) is 39.8. The molecule has 0 saturated carbocycles. The molecule has 1 aliphatic carbocycles. The molecule has 2 fully saturated rings. The van der Waals surface area contributed by atoms with Crippen molar-refractivity contribution in [2.24, 2.45) is 28.7 Å². The minimum absolute atomic E-state index is 0.0562. The van der Waals surface area contributed by atoms with Crippen LogP contribution in [0.25, 0.3) is 0 Å². The van der Waals surface area contributed by atoms with E-state index in [-0.39, 0.29) is 30.2 Å². The van der Waals surface area contributed by atoms with Crippen LogP contribution in [0.15, 0.2) is 16.9 Å². The second-order valence-electron chi connectivity index (χ2n) is 7.23. The van der Waals surface area contributed by atoms with Crippen LogP contribution >= 0.6 is 0 Å². The van der Waals surface area contributed by atoms with Gasteiger partial charge in [0.25, 0.3) is 0 Å². The van der Waals surface area contributed by atoms with Gasteiger partial charge in [-0.3, -0.25) is 10.3 Å². The molecule has 2 saturated heterocycles. The fourth-order valence-electron chi connectivity index (χ4n) is 4.13. The van der Waals surface area contributed by atoms with Gasteiger partial charge in [-0.05, 0) is 49.5 Å². The summed E-state index contributed by atoms with van der Waals surface area (Å²) in [6.45, 7) is 4.82. The average molecular weight is 326 g/mol. The van der Waals surface area contributed by atoms with Gasteiger partial charge in [-0.15, -0.1) is 0 Å². The Kier molecular flexibility index (Phi) is 5.81. The molecule has 3 nitrogen and oxygen atoms in total. The van der Waals surface area contributed by atoms with Crippen LogP contribution < -0.4 is 5.32 Å². The Morgan fingerprint density at radius 2 is 2.30 bits per heavy atom. The number of nitrogens with zero attached hydrogens (tertiary/aromatic N) is 1. The van der Waals surface area contributed by atoms with Gasteiger partial charge < -0.3 is 4.74 Å². The molecule has 130 valence electrons. The van der Waals surface area contributed by atoms with E-state index in [0.29, 0.717) is 18.3 Å². The molecule has 0 radical (unpaired) electrons. The third kappa shape index (κ3) is 4.38. The lowest BCUT2D eigenvalue weighted by Crippen LogP contribution is -2.24. The van der Waals surface area contributed by atoms with Gasteiger partial charge in [-0.25, -0.2) is 8.78 Å². The molecule has 6 atom stereocenters. The third-order valence-electron chi connectivity index (χ3n) is 5.59. The number of nitrogens with one attached hydrogen (secondary N) is 1. The van der Waals surface area contributed by atoms with Crippen LogP contribution in [0.1, 0.15) is 39.0 Å². The molecule has 0 aromatic carbocycles. The van der Waals surface area contributed by atoms with E-state index in [1.165, 1.54) is 0 Å². The maximum absolute atomic E-state index is 13.6. The molecule has 3 rings (SSSR count). The van der Waals surface area contributed by atoms with Gasteiger partial charge in [0.1, 0.15) is 6.17 Å². The number of alkyl halides is 1. The van der Waals surface area contributed by atoms with E-state index in [2.05, 4.69) is 12.2 Å². The van der Waals surface area contributed by atoms with Crippen molar-refractivity contribution >= 4 is 6.21 Å². The zero-order chi connectivity index (χ0) is 16.2. The second kappa shape index (κ2) is 7.84. The van der Waals surface area contributed by atoms with Gasteiger partial charge in [-0.2, -0.15) is 0 Å². The lowest BCUT2D eigenvalue weighted by Gasteiger charge is -2.26. The summed E-state index contributed by atoms with van der Waals surface area (Å²) in [6, 6.07) is 0. The van der Waals surface area contributed by atoms with E-state index in [4.69, 9.17) is 9.73 Å². The second-order valence-corrected chi connectivity index (χ2v) is 7.23. The van der Waals surface area contributed by atoms with Crippen LogP contribution in [0.4, 0.5) is 8.78 Å². The van der Waals surface area contributed by atoms with Crippen LogP contribution in [0.3, 0.4) is 0 Å². The Morgan fingerprint density at radius 3 is 3.00 bits per heavy atom. The highest BCUT2D eigenvalue weighted by molar-refractivity contribution is 5.62. The summed E-state index contributed by atoms with van der Waals surface area (Å²) in [4.78, 5) is 4.69. The molecular weight excluding hydrogens is 298 g/mol. The Hall–Kier alpha value is -0.810. The predicted octanol–water partition coefficient (Wildman–Crippen LogP) is 3.66. The molecule has 3 aliphatic rings. The summed E-state index contributed by atoms with van der Waals surface area (Å²) in [5, 5.41) is 3.47. The first kappa shape index (κ1) is 17.0. The van der Waals surface area contributed by atoms with Crippen molar-refractivity contribution in [2.75, 3.05) is 19.8 Å². The highest BCUT2D eigenvalue weighted by Crippen LogP contribution is 2.33. The largest absolute Gasteiger partial charge is 0.381 e. The van der Waals surface area contributed by atoms with Gasteiger partial charge in [0.15, 0.2) is 0 Å². The zero-order valence-electron chi connectivity index (χ0n) is 13.9. The number of hydrogen-bond donors (Lipinski definition) is 1. The number of hydrogen-bond acceptors (Lipinski definition) is 3. The minimum atomic E-state index is -1.05. The molecule has 6 unspecified atom stereocenters. The topological polar surface area (TPSA) is 33.6 Å². The molecule has 0 spiro atoms. The van der Waals surface area contributed by atoms with Crippen LogP contribution in [0.5, 0.6) is 0 Å². The van der Waals surface area contributed by atoms with Crippen molar-refractivity contribution < 1.29 is 13.5 Å². The highest BCUT2D eigenvalue weighted by atomic mass is 19.1. The van der Waals surface area contributed by atoms with Gasteiger partial charge >= 0.3 is 0 Å². The number of rotatable bonds is 5. The van der Waals surface area contributed by atoms with E-state index in [1.54, 1.807) is 6.08 Å². The zero-order valence-corrected chi connectivity index (χ0v) is 13.9. The number of ether oxygens (including phenoxy) is 1. The monoisotopic (exact) mass is 326 g/mol. The van der Waals surface area contributed by atoms with Gasteiger partial charge in [0, 0.05) is 38.3 Å². The quantitative estimate of drug-likeness (QED) is 0.782. The molecule has 2 heterocycles. The van der Waals surface area contributed by atoms with Gasteiger partial charge in [0.2, 0.25) is 0 Å². The summed E-state index contributed by atoms with van der Waals surface area (Å²) in [7, 11) is 0. The number of aliphatic imine (C=N–C) groups is 1. The van der Waals surface area contributed by atoms with Crippen molar-refractivity contribution in [1.82, 2.24) is 5.32 Å². The van der Waals surface area contributed by atoms with E-state index in [0.717, 1.165) is 39.0 Å². The molecule has 1 N–H and O–H groups in total. The maximum Gasteiger partial charge on any atom is 0.107 e. The van der Waals surface area contributed by atoms with Crippen LogP contribution in [-0.4, -0.2) is 38.3 Å².